The zero-order valence-electron chi connectivity index (χ0n) is 15.9. The highest BCUT2D eigenvalue weighted by Crippen LogP contribution is 2.14. The number of nitrogens with one attached hydrogen (secondary N) is 1. The van der Waals surface area contributed by atoms with Crippen molar-refractivity contribution in [3.8, 4) is 6.07 Å². The molecule has 2 aromatic carbocycles. The molecule has 0 saturated carbocycles. The highest BCUT2D eigenvalue weighted by atomic mass is 19.1. The number of amides is 2. The van der Waals surface area contributed by atoms with E-state index in [1.807, 2.05) is 29.0 Å². The fraction of sp³-hybridized carbons (Fsp3) is 0.130. The van der Waals surface area contributed by atoms with Crippen molar-refractivity contribution in [3.05, 3.63) is 102 Å². The number of aromatic nitrogens is 1. The monoisotopic (exact) mass is 388 g/mol. The number of urea groups is 1. The maximum atomic E-state index is 13.5. The van der Waals surface area contributed by atoms with E-state index in [1.54, 1.807) is 41.3 Å². The predicted octanol–water partition coefficient (Wildman–Crippen LogP) is 4.77. The molecule has 3 rings (SSSR count). The number of benzene rings is 2. The van der Waals surface area contributed by atoms with E-state index >= 15 is 0 Å². The predicted molar refractivity (Wildman–Crippen MR) is 111 cm³/mol. The number of nitrogens with zero attached hydrogens (tertiary/aromatic N) is 3. The lowest BCUT2D eigenvalue weighted by molar-refractivity contribution is 0.214. The van der Waals surface area contributed by atoms with Crippen molar-refractivity contribution in [1.29, 1.82) is 5.26 Å². The minimum absolute atomic E-state index is 0.275. The Hall–Kier alpha value is -3.85. The molecule has 1 N–H and O–H groups in total. The van der Waals surface area contributed by atoms with E-state index in [0.29, 0.717) is 30.9 Å². The van der Waals surface area contributed by atoms with Crippen molar-refractivity contribution in [2.45, 2.75) is 13.1 Å². The number of hydrogen-bond donors (Lipinski definition) is 1. The zero-order chi connectivity index (χ0) is 20.6. The summed E-state index contributed by atoms with van der Waals surface area (Å²) in [5, 5.41) is 11.8. The smallest absolute Gasteiger partial charge is 0.322 e. The highest BCUT2D eigenvalue weighted by Gasteiger charge is 2.15. The van der Waals surface area contributed by atoms with Crippen LogP contribution in [0.5, 0.6) is 0 Å². The topological polar surface area (TPSA) is 61.1 Å². The number of hydrogen-bond acceptors (Lipinski definition) is 2. The van der Waals surface area contributed by atoms with Gasteiger partial charge >= 0.3 is 6.03 Å². The molecule has 1 heterocycles. The van der Waals surface area contributed by atoms with Gasteiger partial charge in [0, 0.05) is 30.7 Å². The molecule has 2 amide bonds. The molecule has 146 valence electrons. The molecule has 0 aliphatic heterocycles. The van der Waals surface area contributed by atoms with Crippen molar-refractivity contribution < 1.29 is 9.18 Å². The summed E-state index contributed by atoms with van der Waals surface area (Å²) in [6.45, 7) is 4.96. The van der Waals surface area contributed by atoms with E-state index in [0.717, 1.165) is 11.3 Å². The van der Waals surface area contributed by atoms with Crippen LogP contribution in [0, 0.1) is 17.1 Å². The molecule has 0 aliphatic carbocycles. The first-order valence-corrected chi connectivity index (χ1v) is 9.14. The van der Waals surface area contributed by atoms with Crippen LogP contribution in [0.3, 0.4) is 0 Å². The first-order valence-electron chi connectivity index (χ1n) is 9.14. The maximum absolute atomic E-state index is 13.5. The second-order valence-corrected chi connectivity index (χ2v) is 6.55. The van der Waals surface area contributed by atoms with Crippen LogP contribution < -0.4 is 5.32 Å². The summed E-state index contributed by atoms with van der Waals surface area (Å²) in [5.41, 5.74) is 2.79. The molecular formula is C23H21FN4O. The van der Waals surface area contributed by atoms with Crippen LogP contribution in [0.1, 0.15) is 16.8 Å². The standard InChI is InChI=1S/C23H21FN4O/c1-2-11-28(23(29)26-21-9-4-6-18(14-21)15-25)17-22-10-5-12-27(22)16-19-7-3-8-20(24)13-19/h2-10,12-14H,1,11,16-17H2,(H,26,29). The van der Waals surface area contributed by atoms with E-state index in [4.69, 9.17) is 5.26 Å². The molecule has 1 aromatic heterocycles. The molecule has 0 spiro atoms. The van der Waals surface area contributed by atoms with Gasteiger partial charge in [-0.15, -0.1) is 6.58 Å². The number of halogens is 1. The summed E-state index contributed by atoms with van der Waals surface area (Å²) in [7, 11) is 0. The molecule has 0 radical (unpaired) electrons. The van der Waals surface area contributed by atoms with Gasteiger partial charge in [0.2, 0.25) is 0 Å². The molecule has 0 fully saturated rings. The lowest BCUT2D eigenvalue weighted by Crippen LogP contribution is -2.35. The molecule has 0 saturated heterocycles. The zero-order valence-corrected chi connectivity index (χ0v) is 15.9. The maximum Gasteiger partial charge on any atom is 0.322 e. The number of nitriles is 1. The molecule has 0 unspecified atom stereocenters. The van der Waals surface area contributed by atoms with Crippen LogP contribution in [-0.2, 0) is 13.1 Å². The van der Waals surface area contributed by atoms with Gasteiger partial charge in [0.05, 0.1) is 18.2 Å². The summed E-state index contributed by atoms with van der Waals surface area (Å²) >= 11 is 0. The Morgan fingerprint density at radius 1 is 1.21 bits per heavy atom. The van der Waals surface area contributed by atoms with Crippen LogP contribution in [0.2, 0.25) is 0 Å². The Balaban J connectivity index is 1.73. The Morgan fingerprint density at radius 3 is 2.79 bits per heavy atom. The number of rotatable bonds is 7. The van der Waals surface area contributed by atoms with Crippen molar-refractivity contribution >= 4 is 11.7 Å². The summed E-state index contributed by atoms with van der Waals surface area (Å²) in [4.78, 5) is 14.4. The summed E-state index contributed by atoms with van der Waals surface area (Å²) in [5.74, 6) is -0.275. The van der Waals surface area contributed by atoms with Gasteiger partial charge in [0.25, 0.3) is 0 Å². The average molecular weight is 388 g/mol. The first-order chi connectivity index (χ1) is 14.1. The largest absolute Gasteiger partial charge is 0.345 e. The van der Waals surface area contributed by atoms with Gasteiger partial charge in [0.1, 0.15) is 5.82 Å². The summed E-state index contributed by atoms with van der Waals surface area (Å²) < 4.78 is 15.5. The van der Waals surface area contributed by atoms with Gasteiger partial charge in [-0.25, -0.2) is 9.18 Å². The molecule has 29 heavy (non-hydrogen) atoms. The van der Waals surface area contributed by atoms with Crippen LogP contribution in [0.25, 0.3) is 0 Å². The van der Waals surface area contributed by atoms with Gasteiger partial charge in [-0.2, -0.15) is 5.26 Å². The van der Waals surface area contributed by atoms with Crippen LogP contribution >= 0.6 is 0 Å². The minimum atomic E-state index is -0.293. The van der Waals surface area contributed by atoms with Crippen LogP contribution in [0.4, 0.5) is 14.9 Å². The van der Waals surface area contributed by atoms with Gasteiger partial charge in [-0.05, 0) is 48.0 Å². The van der Waals surface area contributed by atoms with Crippen LogP contribution in [0.15, 0.2) is 79.5 Å². The van der Waals surface area contributed by atoms with Gasteiger partial charge < -0.3 is 14.8 Å². The normalized spacial score (nSPS) is 10.2. The quantitative estimate of drug-likeness (QED) is 0.593. The summed E-state index contributed by atoms with van der Waals surface area (Å²) in [6.07, 6.45) is 3.56. The van der Waals surface area contributed by atoms with E-state index in [2.05, 4.69) is 18.0 Å². The fourth-order valence-electron chi connectivity index (χ4n) is 3.02. The Labute approximate surface area is 169 Å². The van der Waals surface area contributed by atoms with E-state index in [-0.39, 0.29) is 11.8 Å². The second-order valence-electron chi connectivity index (χ2n) is 6.55. The van der Waals surface area contributed by atoms with E-state index in [1.165, 1.54) is 12.1 Å². The summed E-state index contributed by atoms with van der Waals surface area (Å²) in [6, 6.07) is 18.8. The van der Waals surface area contributed by atoms with E-state index < -0.39 is 0 Å². The third-order valence-corrected chi connectivity index (χ3v) is 4.40. The van der Waals surface area contributed by atoms with Gasteiger partial charge in [-0.3, -0.25) is 0 Å². The molecular weight excluding hydrogens is 367 g/mol. The van der Waals surface area contributed by atoms with Gasteiger partial charge in [0.15, 0.2) is 0 Å². The number of carbonyl (C=O) groups is 1. The van der Waals surface area contributed by atoms with E-state index in [9.17, 15) is 9.18 Å². The third kappa shape index (κ3) is 5.33. The molecule has 3 aromatic rings. The van der Waals surface area contributed by atoms with Crippen molar-refractivity contribution in [3.63, 3.8) is 0 Å². The lowest BCUT2D eigenvalue weighted by atomic mass is 10.2. The number of carbonyl (C=O) groups excluding carboxylic acids is 1. The van der Waals surface area contributed by atoms with Crippen molar-refractivity contribution in [2.75, 3.05) is 11.9 Å². The Kier molecular flexibility index (Phi) is 6.43. The fourth-order valence-corrected chi connectivity index (χ4v) is 3.02. The molecule has 0 aliphatic rings. The first kappa shape index (κ1) is 19.9. The minimum Gasteiger partial charge on any atom is -0.345 e. The van der Waals surface area contributed by atoms with Gasteiger partial charge in [-0.1, -0.05) is 24.3 Å². The number of anilines is 1. The average Bonchev–Trinajstić information content (AvgIpc) is 3.14. The highest BCUT2D eigenvalue weighted by molar-refractivity contribution is 5.89. The van der Waals surface area contributed by atoms with Crippen molar-refractivity contribution in [1.82, 2.24) is 9.47 Å². The molecule has 6 heteroatoms. The third-order valence-electron chi connectivity index (χ3n) is 4.40. The Morgan fingerprint density at radius 2 is 2.03 bits per heavy atom. The molecule has 0 bridgehead atoms. The molecule has 0 atom stereocenters. The SMILES string of the molecule is C=CCN(Cc1cccn1Cc1cccc(F)c1)C(=O)Nc1cccc(C#N)c1. The second kappa shape index (κ2) is 9.38. The van der Waals surface area contributed by atoms with Crippen molar-refractivity contribution in [2.24, 2.45) is 0 Å². The van der Waals surface area contributed by atoms with Crippen LogP contribution in [-0.4, -0.2) is 22.0 Å². The lowest BCUT2D eigenvalue weighted by Gasteiger charge is -2.23. The molecule has 5 nitrogen and oxygen atoms in total. The Bertz CT molecular complexity index is 1050.